The second kappa shape index (κ2) is 7.88. The lowest BCUT2D eigenvalue weighted by atomic mass is 10.2. The average Bonchev–Trinajstić information content (AvgIpc) is 2.91. The molecule has 2 unspecified atom stereocenters. The second-order valence-corrected chi connectivity index (χ2v) is 4.96. The maximum atomic E-state index is 11.8. The standard InChI is InChI=1S/C12H18N2O4S/c1-8(11(16)14-9(6-15)7-18-2)13-12(17)10-4-3-5-19-10/h3-5,8-9,15H,6-7H2,1-2H3,(H,13,17)(H,14,16). The third-order valence-electron chi connectivity index (χ3n) is 2.42. The van der Waals surface area contributed by atoms with Crippen molar-refractivity contribution in [3.05, 3.63) is 22.4 Å². The molecule has 0 fully saturated rings. The Morgan fingerprint density at radius 2 is 2.21 bits per heavy atom. The smallest absolute Gasteiger partial charge is 0.261 e. The Labute approximate surface area is 115 Å². The van der Waals surface area contributed by atoms with Crippen LogP contribution in [0.15, 0.2) is 17.5 Å². The van der Waals surface area contributed by atoms with Crippen LogP contribution in [-0.2, 0) is 9.53 Å². The number of ether oxygens (including phenoxy) is 1. The number of carbonyl (C=O) groups is 2. The van der Waals surface area contributed by atoms with Crippen LogP contribution in [0.25, 0.3) is 0 Å². The van der Waals surface area contributed by atoms with E-state index in [2.05, 4.69) is 10.6 Å². The molecule has 1 rings (SSSR count). The molecular formula is C12H18N2O4S. The first-order valence-corrected chi connectivity index (χ1v) is 6.71. The minimum Gasteiger partial charge on any atom is -0.394 e. The van der Waals surface area contributed by atoms with Gasteiger partial charge in [0.1, 0.15) is 6.04 Å². The molecule has 0 aliphatic carbocycles. The predicted octanol–water partition coefficient (Wildman–Crippen LogP) is -0.0101. The van der Waals surface area contributed by atoms with Gasteiger partial charge in [-0.2, -0.15) is 0 Å². The van der Waals surface area contributed by atoms with Gasteiger partial charge in [0, 0.05) is 7.11 Å². The number of hydrogen-bond donors (Lipinski definition) is 3. The van der Waals surface area contributed by atoms with Gasteiger partial charge in [0.15, 0.2) is 0 Å². The van der Waals surface area contributed by atoms with E-state index in [0.717, 1.165) is 0 Å². The van der Waals surface area contributed by atoms with Crippen LogP contribution >= 0.6 is 11.3 Å². The molecule has 2 amide bonds. The fraction of sp³-hybridized carbons (Fsp3) is 0.500. The van der Waals surface area contributed by atoms with Gasteiger partial charge in [-0.3, -0.25) is 9.59 Å². The van der Waals surface area contributed by atoms with E-state index >= 15 is 0 Å². The topological polar surface area (TPSA) is 87.7 Å². The highest BCUT2D eigenvalue weighted by atomic mass is 32.1. The number of thiophene rings is 1. The van der Waals surface area contributed by atoms with Crippen molar-refractivity contribution in [2.24, 2.45) is 0 Å². The minimum atomic E-state index is -0.680. The number of aliphatic hydroxyl groups is 1. The summed E-state index contributed by atoms with van der Waals surface area (Å²) >= 11 is 1.31. The molecule has 0 radical (unpaired) electrons. The Hall–Kier alpha value is -1.44. The van der Waals surface area contributed by atoms with Crippen molar-refractivity contribution < 1.29 is 19.4 Å². The molecule has 6 nitrogen and oxygen atoms in total. The zero-order chi connectivity index (χ0) is 14.3. The van der Waals surface area contributed by atoms with Gasteiger partial charge in [0.05, 0.1) is 24.1 Å². The van der Waals surface area contributed by atoms with E-state index in [0.29, 0.717) is 4.88 Å². The van der Waals surface area contributed by atoms with Gasteiger partial charge in [-0.25, -0.2) is 0 Å². The van der Waals surface area contributed by atoms with Crippen LogP contribution in [0.4, 0.5) is 0 Å². The molecule has 19 heavy (non-hydrogen) atoms. The lowest BCUT2D eigenvalue weighted by Gasteiger charge is -2.19. The van der Waals surface area contributed by atoms with Crippen molar-refractivity contribution in [3.63, 3.8) is 0 Å². The van der Waals surface area contributed by atoms with Crippen molar-refractivity contribution in [3.8, 4) is 0 Å². The van der Waals surface area contributed by atoms with Gasteiger partial charge in [0.25, 0.3) is 5.91 Å². The number of amides is 2. The van der Waals surface area contributed by atoms with Crippen molar-refractivity contribution in [2.75, 3.05) is 20.3 Å². The molecule has 0 aliphatic rings. The number of carbonyl (C=O) groups excluding carboxylic acids is 2. The fourth-order valence-corrected chi connectivity index (χ4v) is 2.04. The van der Waals surface area contributed by atoms with Crippen LogP contribution in [-0.4, -0.2) is 49.3 Å². The molecule has 1 aromatic heterocycles. The lowest BCUT2D eigenvalue weighted by molar-refractivity contribution is -0.124. The molecule has 2 atom stereocenters. The van der Waals surface area contributed by atoms with E-state index in [4.69, 9.17) is 9.84 Å². The second-order valence-electron chi connectivity index (χ2n) is 4.02. The normalized spacial score (nSPS) is 13.6. The number of hydrogen-bond acceptors (Lipinski definition) is 5. The van der Waals surface area contributed by atoms with Crippen molar-refractivity contribution in [1.82, 2.24) is 10.6 Å². The zero-order valence-corrected chi connectivity index (χ0v) is 11.7. The zero-order valence-electron chi connectivity index (χ0n) is 10.9. The van der Waals surface area contributed by atoms with E-state index in [1.807, 2.05) is 0 Å². The van der Waals surface area contributed by atoms with Gasteiger partial charge >= 0.3 is 0 Å². The summed E-state index contributed by atoms with van der Waals surface area (Å²) in [7, 11) is 1.48. The van der Waals surface area contributed by atoms with Crippen LogP contribution in [0.5, 0.6) is 0 Å². The van der Waals surface area contributed by atoms with Crippen molar-refractivity contribution in [1.29, 1.82) is 0 Å². The molecule has 0 aromatic carbocycles. The van der Waals surface area contributed by atoms with Crippen LogP contribution in [0, 0.1) is 0 Å². The summed E-state index contributed by atoms with van der Waals surface area (Å²) in [4.78, 5) is 24.1. The third kappa shape index (κ3) is 4.98. The number of aliphatic hydroxyl groups excluding tert-OH is 1. The summed E-state index contributed by atoms with van der Waals surface area (Å²) in [6, 6.07) is 2.30. The summed E-state index contributed by atoms with van der Waals surface area (Å²) in [6.45, 7) is 1.58. The van der Waals surface area contributed by atoms with E-state index in [9.17, 15) is 9.59 Å². The quantitative estimate of drug-likeness (QED) is 0.658. The molecule has 0 bridgehead atoms. The minimum absolute atomic E-state index is 0.216. The largest absolute Gasteiger partial charge is 0.394 e. The molecule has 0 saturated heterocycles. The van der Waals surface area contributed by atoms with Crippen molar-refractivity contribution >= 4 is 23.2 Å². The molecule has 106 valence electrons. The van der Waals surface area contributed by atoms with Crippen LogP contribution in [0.3, 0.4) is 0 Å². The van der Waals surface area contributed by atoms with Gasteiger partial charge in [0.2, 0.25) is 5.91 Å². The highest BCUT2D eigenvalue weighted by Crippen LogP contribution is 2.08. The number of rotatable bonds is 7. The van der Waals surface area contributed by atoms with Crippen LogP contribution in [0.1, 0.15) is 16.6 Å². The highest BCUT2D eigenvalue weighted by molar-refractivity contribution is 7.12. The Morgan fingerprint density at radius 3 is 2.74 bits per heavy atom. The lowest BCUT2D eigenvalue weighted by Crippen LogP contribution is -2.50. The first-order chi connectivity index (χ1) is 9.08. The Kier molecular flexibility index (Phi) is 6.48. The van der Waals surface area contributed by atoms with Gasteiger partial charge in [-0.05, 0) is 18.4 Å². The first-order valence-electron chi connectivity index (χ1n) is 5.83. The van der Waals surface area contributed by atoms with Gasteiger partial charge < -0.3 is 20.5 Å². The molecule has 0 spiro atoms. The van der Waals surface area contributed by atoms with Crippen LogP contribution < -0.4 is 10.6 Å². The molecule has 0 aliphatic heterocycles. The summed E-state index contributed by atoms with van der Waals surface area (Å²) in [6.07, 6.45) is 0. The van der Waals surface area contributed by atoms with Gasteiger partial charge in [-0.15, -0.1) is 11.3 Å². The Bertz CT molecular complexity index is 408. The van der Waals surface area contributed by atoms with E-state index < -0.39 is 12.1 Å². The maximum Gasteiger partial charge on any atom is 0.261 e. The third-order valence-corrected chi connectivity index (χ3v) is 3.29. The van der Waals surface area contributed by atoms with Gasteiger partial charge in [-0.1, -0.05) is 6.07 Å². The van der Waals surface area contributed by atoms with E-state index in [1.165, 1.54) is 18.4 Å². The Morgan fingerprint density at radius 1 is 1.47 bits per heavy atom. The maximum absolute atomic E-state index is 11.8. The van der Waals surface area contributed by atoms with E-state index in [-0.39, 0.29) is 25.0 Å². The van der Waals surface area contributed by atoms with Crippen LogP contribution in [0.2, 0.25) is 0 Å². The summed E-state index contributed by atoms with van der Waals surface area (Å²) in [5.74, 6) is -0.647. The predicted molar refractivity (Wildman–Crippen MR) is 72.1 cm³/mol. The molecule has 7 heteroatoms. The molecular weight excluding hydrogens is 268 g/mol. The summed E-state index contributed by atoms with van der Waals surface area (Å²) in [5.41, 5.74) is 0. The highest BCUT2D eigenvalue weighted by Gasteiger charge is 2.19. The summed E-state index contributed by atoms with van der Waals surface area (Å²) < 4.78 is 4.86. The monoisotopic (exact) mass is 286 g/mol. The molecule has 1 aromatic rings. The average molecular weight is 286 g/mol. The first kappa shape index (κ1) is 15.6. The number of methoxy groups -OCH3 is 1. The Balaban J connectivity index is 2.46. The molecule has 0 saturated carbocycles. The molecule has 3 N–H and O–H groups in total. The fourth-order valence-electron chi connectivity index (χ4n) is 1.41. The molecule has 1 heterocycles. The summed E-state index contributed by atoms with van der Waals surface area (Å²) in [5, 5.41) is 16.0. The van der Waals surface area contributed by atoms with Crippen molar-refractivity contribution in [2.45, 2.75) is 19.0 Å². The number of nitrogens with one attached hydrogen (secondary N) is 2. The van der Waals surface area contributed by atoms with E-state index in [1.54, 1.807) is 24.4 Å². The SMILES string of the molecule is COCC(CO)NC(=O)C(C)NC(=O)c1cccs1.